The highest BCUT2D eigenvalue weighted by molar-refractivity contribution is 5.84. The SMILES string of the molecule is CCCCN1CCCC[C@@H]1c1cccnc1NC(=O)OC(C)(C)C. The summed E-state index contributed by atoms with van der Waals surface area (Å²) in [4.78, 5) is 19.1. The van der Waals surface area contributed by atoms with Gasteiger partial charge in [0.15, 0.2) is 0 Å². The number of carbonyl (C=O) groups excluding carboxylic acids is 1. The van der Waals surface area contributed by atoms with Crippen molar-refractivity contribution in [2.45, 2.75) is 71.4 Å². The van der Waals surface area contributed by atoms with Crippen LogP contribution in [-0.4, -0.2) is 34.7 Å². The highest BCUT2D eigenvalue weighted by atomic mass is 16.6. The number of ether oxygens (including phenoxy) is 1. The molecule has 0 aromatic carbocycles. The molecule has 1 amide bonds. The molecular formula is C19H31N3O2. The van der Waals surface area contributed by atoms with Gasteiger partial charge in [-0.2, -0.15) is 0 Å². The first-order chi connectivity index (χ1) is 11.4. The fourth-order valence-electron chi connectivity index (χ4n) is 3.16. The molecule has 1 atom stereocenters. The van der Waals surface area contributed by atoms with Crippen LogP contribution in [0.4, 0.5) is 10.6 Å². The second kappa shape index (κ2) is 8.47. The van der Waals surface area contributed by atoms with Gasteiger partial charge in [0.1, 0.15) is 11.4 Å². The van der Waals surface area contributed by atoms with Crippen LogP contribution in [0.5, 0.6) is 0 Å². The summed E-state index contributed by atoms with van der Waals surface area (Å²) >= 11 is 0. The third-order valence-electron chi connectivity index (χ3n) is 4.23. The van der Waals surface area contributed by atoms with Gasteiger partial charge < -0.3 is 4.74 Å². The number of hydrogen-bond acceptors (Lipinski definition) is 4. The van der Waals surface area contributed by atoms with Crippen molar-refractivity contribution in [3.63, 3.8) is 0 Å². The van der Waals surface area contributed by atoms with E-state index in [0.29, 0.717) is 11.9 Å². The maximum absolute atomic E-state index is 12.1. The molecule has 2 heterocycles. The predicted octanol–water partition coefficient (Wildman–Crippen LogP) is 4.76. The van der Waals surface area contributed by atoms with E-state index >= 15 is 0 Å². The van der Waals surface area contributed by atoms with Gasteiger partial charge in [0, 0.05) is 17.8 Å². The van der Waals surface area contributed by atoms with Crippen LogP contribution in [-0.2, 0) is 4.74 Å². The molecule has 1 aliphatic rings. The zero-order chi connectivity index (χ0) is 17.6. The van der Waals surface area contributed by atoms with Crippen LogP contribution in [0.15, 0.2) is 18.3 Å². The van der Waals surface area contributed by atoms with E-state index < -0.39 is 11.7 Å². The number of amides is 1. The molecule has 0 saturated carbocycles. The van der Waals surface area contributed by atoms with Crippen LogP contribution in [0.3, 0.4) is 0 Å². The first-order valence-electron chi connectivity index (χ1n) is 9.09. The summed E-state index contributed by atoms with van der Waals surface area (Å²) in [6, 6.07) is 4.35. The van der Waals surface area contributed by atoms with E-state index in [1.54, 1.807) is 6.20 Å². The molecule has 1 fully saturated rings. The van der Waals surface area contributed by atoms with Crippen LogP contribution < -0.4 is 5.32 Å². The third kappa shape index (κ3) is 5.48. The van der Waals surface area contributed by atoms with Crippen molar-refractivity contribution in [2.75, 3.05) is 18.4 Å². The van der Waals surface area contributed by atoms with Crippen molar-refractivity contribution in [1.82, 2.24) is 9.88 Å². The molecule has 5 heteroatoms. The molecule has 5 nitrogen and oxygen atoms in total. The van der Waals surface area contributed by atoms with Gasteiger partial charge in [-0.25, -0.2) is 9.78 Å². The Labute approximate surface area is 145 Å². The molecule has 1 aromatic heterocycles. The lowest BCUT2D eigenvalue weighted by molar-refractivity contribution is 0.0634. The number of pyridine rings is 1. The Kier molecular flexibility index (Phi) is 6.60. The van der Waals surface area contributed by atoms with E-state index in [0.717, 1.165) is 25.1 Å². The minimum absolute atomic E-state index is 0.323. The molecule has 0 bridgehead atoms. The number of nitrogens with one attached hydrogen (secondary N) is 1. The topological polar surface area (TPSA) is 54.5 Å². The molecule has 0 unspecified atom stereocenters. The highest BCUT2D eigenvalue weighted by Crippen LogP contribution is 2.34. The average molecular weight is 333 g/mol. The van der Waals surface area contributed by atoms with Gasteiger partial charge in [0.25, 0.3) is 0 Å². The van der Waals surface area contributed by atoms with Gasteiger partial charge in [-0.05, 0) is 59.2 Å². The Morgan fingerprint density at radius 2 is 2.21 bits per heavy atom. The summed E-state index contributed by atoms with van der Waals surface area (Å²) in [7, 11) is 0. The van der Waals surface area contributed by atoms with E-state index in [4.69, 9.17) is 4.74 Å². The fraction of sp³-hybridized carbons (Fsp3) is 0.684. The van der Waals surface area contributed by atoms with Crippen molar-refractivity contribution in [3.05, 3.63) is 23.9 Å². The lowest BCUT2D eigenvalue weighted by Crippen LogP contribution is -2.35. The lowest BCUT2D eigenvalue weighted by atomic mass is 9.95. The molecule has 1 N–H and O–H groups in total. The maximum Gasteiger partial charge on any atom is 0.413 e. The number of nitrogens with zero attached hydrogens (tertiary/aromatic N) is 2. The first kappa shape index (κ1) is 18.7. The van der Waals surface area contributed by atoms with E-state index in [9.17, 15) is 4.79 Å². The molecular weight excluding hydrogens is 302 g/mol. The first-order valence-corrected chi connectivity index (χ1v) is 9.09. The number of carbonyl (C=O) groups is 1. The largest absolute Gasteiger partial charge is 0.444 e. The van der Waals surface area contributed by atoms with Crippen LogP contribution in [0.25, 0.3) is 0 Å². The molecule has 1 aromatic rings. The van der Waals surface area contributed by atoms with Crippen molar-refractivity contribution in [1.29, 1.82) is 0 Å². The van der Waals surface area contributed by atoms with Crippen LogP contribution >= 0.6 is 0 Å². The maximum atomic E-state index is 12.1. The minimum Gasteiger partial charge on any atom is -0.444 e. The fourth-order valence-corrected chi connectivity index (χ4v) is 3.16. The van der Waals surface area contributed by atoms with Gasteiger partial charge in [0.05, 0.1) is 0 Å². The van der Waals surface area contributed by atoms with Crippen LogP contribution in [0.1, 0.15) is 71.4 Å². The second-order valence-electron chi connectivity index (χ2n) is 7.47. The summed E-state index contributed by atoms with van der Waals surface area (Å²) in [5.41, 5.74) is 0.580. The molecule has 0 aliphatic carbocycles. The molecule has 1 aliphatic heterocycles. The van der Waals surface area contributed by atoms with Crippen molar-refractivity contribution in [2.24, 2.45) is 0 Å². The van der Waals surface area contributed by atoms with E-state index in [-0.39, 0.29) is 0 Å². The quantitative estimate of drug-likeness (QED) is 0.844. The van der Waals surface area contributed by atoms with Crippen LogP contribution in [0, 0.1) is 0 Å². The molecule has 0 radical (unpaired) electrons. The zero-order valence-electron chi connectivity index (χ0n) is 15.5. The third-order valence-corrected chi connectivity index (χ3v) is 4.23. The average Bonchev–Trinajstić information content (AvgIpc) is 2.52. The Balaban J connectivity index is 2.15. The Morgan fingerprint density at radius 3 is 2.92 bits per heavy atom. The Morgan fingerprint density at radius 1 is 1.42 bits per heavy atom. The number of likely N-dealkylation sites (tertiary alicyclic amines) is 1. The second-order valence-corrected chi connectivity index (χ2v) is 7.47. The monoisotopic (exact) mass is 333 g/mol. The number of anilines is 1. The van der Waals surface area contributed by atoms with E-state index in [2.05, 4.69) is 28.2 Å². The number of unbranched alkanes of at least 4 members (excludes halogenated alkanes) is 1. The van der Waals surface area contributed by atoms with Crippen molar-refractivity contribution >= 4 is 11.9 Å². The summed E-state index contributed by atoms with van der Waals surface area (Å²) in [5, 5.41) is 2.84. The summed E-state index contributed by atoms with van der Waals surface area (Å²) in [6.07, 6.45) is 7.24. The highest BCUT2D eigenvalue weighted by Gasteiger charge is 2.27. The van der Waals surface area contributed by atoms with Gasteiger partial charge in [-0.1, -0.05) is 25.8 Å². The smallest absolute Gasteiger partial charge is 0.413 e. The Hall–Kier alpha value is -1.62. The van der Waals surface area contributed by atoms with Gasteiger partial charge >= 0.3 is 6.09 Å². The predicted molar refractivity (Wildman–Crippen MR) is 97.2 cm³/mol. The molecule has 134 valence electrons. The lowest BCUT2D eigenvalue weighted by Gasteiger charge is -2.36. The normalized spacial score (nSPS) is 19.1. The molecule has 0 spiro atoms. The molecule has 24 heavy (non-hydrogen) atoms. The van der Waals surface area contributed by atoms with E-state index in [1.165, 1.54) is 25.7 Å². The van der Waals surface area contributed by atoms with Crippen molar-refractivity contribution in [3.8, 4) is 0 Å². The van der Waals surface area contributed by atoms with Gasteiger partial charge in [-0.15, -0.1) is 0 Å². The van der Waals surface area contributed by atoms with Crippen LogP contribution in [0.2, 0.25) is 0 Å². The van der Waals surface area contributed by atoms with Crippen molar-refractivity contribution < 1.29 is 9.53 Å². The molecule has 2 rings (SSSR count). The zero-order valence-corrected chi connectivity index (χ0v) is 15.5. The summed E-state index contributed by atoms with van der Waals surface area (Å²) in [6.45, 7) is 10.0. The molecule has 1 saturated heterocycles. The number of hydrogen-bond donors (Lipinski definition) is 1. The Bertz CT molecular complexity index is 540. The number of aromatic nitrogens is 1. The summed E-state index contributed by atoms with van der Waals surface area (Å²) < 4.78 is 5.37. The number of piperidine rings is 1. The van der Waals surface area contributed by atoms with E-state index in [1.807, 2.05) is 26.8 Å². The minimum atomic E-state index is -0.517. The van der Waals surface area contributed by atoms with Gasteiger partial charge in [0.2, 0.25) is 0 Å². The summed E-state index contributed by atoms with van der Waals surface area (Å²) in [5.74, 6) is 0.625. The standard InChI is InChI=1S/C19H31N3O2/c1-5-6-13-22-14-8-7-11-16(22)15-10-9-12-20-17(15)21-18(23)24-19(2,3)4/h9-10,12,16H,5-8,11,13-14H2,1-4H3,(H,20,21,23)/t16-/m1/s1. The number of rotatable bonds is 5. The van der Waals surface area contributed by atoms with Gasteiger partial charge in [-0.3, -0.25) is 10.2 Å².